The number of carbonyl (C=O) groups is 1. The van der Waals surface area contributed by atoms with Gasteiger partial charge in [0.2, 0.25) is 5.91 Å². The molecule has 1 aromatic rings. The first-order chi connectivity index (χ1) is 12.6. The van der Waals surface area contributed by atoms with Gasteiger partial charge < -0.3 is 20.3 Å². The van der Waals surface area contributed by atoms with Gasteiger partial charge in [-0.1, -0.05) is 0 Å². The Kier molecular flexibility index (Phi) is 11.8. The van der Waals surface area contributed by atoms with E-state index in [9.17, 15) is 4.79 Å². The average molecular weight is 510 g/mol. The summed E-state index contributed by atoms with van der Waals surface area (Å²) in [4.78, 5) is 26.6. The van der Waals surface area contributed by atoms with E-state index in [4.69, 9.17) is 9.73 Å². The van der Waals surface area contributed by atoms with Crippen molar-refractivity contribution in [1.82, 2.24) is 25.4 Å². The molecule has 2 heterocycles. The average Bonchev–Trinajstić information content (AvgIpc) is 3.05. The number of thiazole rings is 1. The SMILES string of the molecule is CCNC(=NCc1ncc(C)s1)N1CCN(CC(=O)NCCOC)CC1.I. The number of carbonyl (C=O) groups excluding carboxylic acids is 1. The zero-order valence-electron chi connectivity index (χ0n) is 16.4. The van der Waals surface area contributed by atoms with E-state index in [1.54, 1.807) is 18.4 Å². The van der Waals surface area contributed by atoms with Crippen molar-refractivity contribution in [3.8, 4) is 0 Å². The molecule has 10 heteroatoms. The number of nitrogens with zero attached hydrogens (tertiary/aromatic N) is 4. The third-order valence-electron chi connectivity index (χ3n) is 4.04. The molecular formula is C17H31IN6O2S. The maximum atomic E-state index is 11.9. The van der Waals surface area contributed by atoms with E-state index in [-0.39, 0.29) is 29.9 Å². The van der Waals surface area contributed by atoms with Crippen LogP contribution in [0, 0.1) is 6.92 Å². The summed E-state index contributed by atoms with van der Waals surface area (Å²) in [5, 5.41) is 7.26. The fourth-order valence-corrected chi connectivity index (χ4v) is 3.42. The summed E-state index contributed by atoms with van der Waals surface area (Å²) in [5.74, 6) is 0.972. The molecule has 8 nitrogen and oxygen atoms in total. The van der Waals surface area contributed by atoms with Crippen LogP contribution in [0.15, 0.2) is 11.2 Å². The van der Waals surface area contributed by atoms with Gasteiger partial charge in [-0.25, -0.2) is 9.98 Å². The second kappa shape index (κ2) is 13.2. The van der Waals surface area contributed by atoms with Crippen LogP contribution >= 0.6 is 35.3 Å². The summed E-state index contributed by atoms with van der Waals surface area (Å²) < 4.78 is 4.94. The summed E-state index contributed by atoms with van der Waals surface area (Å²) in [6.07, 6.45) is 1.89. The maximum absolute atomic E-state index is 11.9. The van der Waals surface area contributed by atoms with E-state index in [0.717, 1.165) is 43.7 Å². The fourth-order valence-electron chi connectivity index (χ4n) is 2.71. The highest BCUT2D eigenvalue weighted by atomic mass is 127. The third kappa shape index (κ3) is 8.71. The number of hydrogen-bond acceptors (Lipinski definition) is 6. The quantitative estimate of drug-likeness (QED) is 0.234. The highest BCUT2D eigenvalue weighted by Gasteiger charge is 2.21. The molecule has 154 valence electrons. The number of aliphatic imine (C=N–C) groups is 1. The molecule has 0 atom stereocenters. The number of piperazine rings is 1. The molecule has 0 bridgehead atoms. The summed E-state index contributed by atoms with van der Waals surface area (Å²) >= 11 is 1.68. The van der Waals surface area contributed by atoms with Crippen molar-refractivity contribution in [2.24, 2.45) is 4.99 Å². The Balaban J connectivity index is 0.00000364. The topological polar surface area (TPSA) is 82.1 Å². The van der Waals surface area contributed by atoms with Crippen molar-refractivity contribution in [1.29, 1.82) is 0 Å². The van der Waals surface area contributed by atoms with Crippen molar-refractivity contribution >= 4 is 47.2 Å². The summed E-state index contributed by atoms with van der Waals surface area (Å²) in [7, 11) is 1.63. The van der Waals surface area contributed by atoms with Gasteiger partial charge in [-0.3, -0.25) is 9.69 Å². The largest absolute Gasteiger partial charge is 0.383 e. The number of guanidine groups is 1. The Bertz CT molecular complexity index is 590. The number of aromatic nitrogens is 1. The van der Waals surface area contributed by atoms with Gasteiger partial charge in [-0.2, -0.15) is 0 Å². The van der Waals surface area contributed by atoms with Crippen LogP contribution in [0.1, 0.15) is 16.8 Å². The Morgan fingerprint density at radius 3 is 2.67 bits per heavy atom. The van der Waals surface area contributed by atoms with Gasteiger partial charge >= 0.3 is 0 Å². The number of methoxy groups -OCH3 is 1. The highest BCUT2D eigenvalue weighted by Crippen LogP contribution is 2.12. The van der Waals surface area contributed by atoms with E-state index >= 15 is 0 Å². The summed E-state index contributed by atoms with van der Waals surface area (Å²) in [6, 6.07) is 0. The van der Waals surface area contributed by atoms with Gasteiger partial charge in [0.25, 0.3) is 0 Å². The van der Waals surface area contributed by atoms with E-state index in [2.05, 4.69) is 39.3 Å². The van der Waals surface area contributed by atoms with E-state index in [1.807, 2.05) is 6.20 Å². The van der Waals surface area contributed by atoms with Crippen LogP contribution in [0.4, 0.5) is 0 Å². The van der Waals surface area contributed by atoms with Crippen molar-refractivity contribution < 1.29 is 9.53 Å². The van der Waals surface area contributed by atoms with Crippen LogP contribution in [0.3, 0.4) is 0 Å². The van der Waals surface area contributed by atoms with Gasteiger partial charge in [-0.15, -0.1) is 35.3 Å². The summed E-state index contributed by atoms with van der Waals surface area (Å²) in [6.45, 7) is 10.5. The molecule has 2 N–H and O–H groups in total. The highest BCUT2D eigenvalue weighted by molar-refractivity contribution is 14.0. The van der Waals surface area contributed by atoms with Crippen molar-refractivity contribution in [3.63, 3.8) is 0 Å². The number of halogens is 1. The fraction of sp³-hybridized carbons (Fsp3) is 0.706. The molecule has 1 saturated heterocycles. The smallest absolute Gasteiger partial charge is 0.234 e. The van der Waals surface area contributed by atoms with Gasteiger partial charge in [0, 0.05) is 57.5 Å². The molecule has 1 fully saturated rings. The zero-order chi connectivity index (χ0) is 18.8. The van der Waals surface area contributed by atoms with Crippen LogP contribution in [0.2, 0.25) is 0 Å². The minimum atomic E-state index is 0. The van der Waals surface area contributed by atoms with Gasteiger partial charge in [0.15, 0.2) is 5.96 Å². The lowest BCUT2D eigenvalue weighted by atomic mass is 10.3. The van der Waals surface area contributed by atoms with Crippen LogP contribution in [0.25, 0.3) is 0 Å². The minimum Gasteiger partial charge on any atom is -0.383 e. The second-order valence-corrected chi connectivity index (χ2v) is 7.46. The molecule has 2 rings (SSSR count). The van der Waals surface area contributed by atoms with Gasteiger partial charge in [0.1, 0.15) is 5.01 Å². The van der Waals surface area contributed by atoms with E-state index in [1.165, 1.54) is 4.88 Å². The van der Waals surface area contributed by atoms with E-state index in [0.29, 0.717) is 26.2 Å². The number of ether oxygens (including phenoxy) is 1. The van der Waals surface area contributed by atoms with Crippen LogP contribution in [0.5, 0.6) is 0 Å². The molecular weight excluding hydrogens is 479 g/mol. The molecule has 1 aliphatic heterocycles. The molecule has 27 heavy (non-hydrogen) atoms. The van der Waals surface area contributed by atoms with Crippen molar-refractivity contribution in [2.45, 2.75) is 20.4 Å². The second-order valence-electron chi connectivity index (χ2n) is 6.14. The van der Waals surface area contributed by atoms with Crippen LogP contribution < -0.4 is 10.6 Å². The normalized spacial score (nSPS) is 15.4. The number of amides is 1. The Morgan fingerprint density at radius 1 is 1.33 bits per heavy atom. The zero-order valence-corrected chi connectivity index (χ0v) is 19.5. The standard InChI is InChI=1S/C17H30N6O2S.HI/c1-4-18-17(21-12-16-20-11-14(2)26-16)23-8-6-22(7-9-23)13-15(24)19-5-10-25-3;/h11H,4-10,12-13H2,1-3H3,(H,18,21)(H,19,24);1H. The maximum Gasteiger partial charge on any atom is 0.234 e. The molecule has 1 aliphatic rings. The van der Waals surface area contributed by atoms with Crippen LogP contribution in [-0.4, -0.2) is 86.2 Å². The number of aryl methyl sites for hydroxylation is 1. The monoisotopic (exact) mass is 510 g/mol. The predicted octanol–water partition coefficient (Wildman–Crippen LogP) is 0.915. The lowest BCUT2D eigenvalue weighted by molar-refractivity contribution is -0.122. The first-order valence-electron chi connectivity index (χ1n) is 9.05. The number of hydrogen-bond donors (Lipinski definition) is 2. The Hall–Kier alpha value is -0.980. The lowest BCUT2D eigenvalue weighted by Crippen LogP contribution is -2.54. The molecule has 1 aromatic heterocycles. The Morgan fingerprint density at radius 2 is 2.07 bits per heavy atom. The third-order valence-corrected chi connectivity index (χ3v) is 4.93. The van der Waals surface area contributed by atoms with Crippen molar-refractivity contribution in [3.05, 3.63) is 16.1 Å². The first kappa shape index (κ1) is 24.1. The van der Waals surface area contributed by atoms with Gasteiger partial charge in [0.05, 0.1) is 19.7 Å². The predicted molar refractivity (Wildman–Crippen MR) is 120 cm³/mol. The number of rotatable bonds is 8. The molecule has 0 aliphatic carbocycles. The van der Waals surface area contributed by atoms with Crippen molar-refractivity contribution in [2.75, 3.05) is 59.5 Å². The van der Waals surface area contributed by atoms with E-state index < -0.39 is 0 Å². The summed E-state index contributed by atoms with van der Waals surface area (Å²) in [5.41, 5.74) is 0. The first-order valence-corrected chi connectivity index (χ1v) is 9.86. The van der Waals surface area contributed by atoms with Crippen LogP contribution in [-0.2, 0) is 16.1 Å². The molecule has 0 radical (unpaired) electrons. The number of nitrogens with one attached hydrogen (secondary N) is 2. The molecule has 0 spiro atoms. The molecule has 0 aromatic carbocycles. The molecule has 0 saturated carbocycles. The lowest BCUT2D eigenvalue weighted by Gasteiger charge is -2.36. The molecule has 1 amide bonds. The van der Waals surface area contributed by atoms with Gasteiger partial charge in [-0.05, 0) is 13.8 Å². The molecule has 0 unspecified atom stereocenters. The Labute approximate surface area is 182 Å². The minimum absolute atomic E-state index is 0.